The maximum atomic E-state index is 13.6. The summed E-state index contributed by atoms with van der Waals surface area (Å²) in [6.45, 7) is 5.54. The van der Waals surface area contributed by atoms with E-state index in [0.717, 1.165) is 16.5 Å². The minimum Gasteiger partial charge on any atom is -0.458 e. The highest BCUT2D eigenvalue weighted by molar-refractivity contribution is 6.12. The second-order valence-corrected chi connectivity index (χ2v) is 13.3. The van der Waals surface area contributed by atoms with Crippen molar-refractivity contribution in [3.8, 4) is 17.1 Å². The molecule has 51 heavy (non-hydrogen) atoms. The van der Waals surface area contributed by atoms with Crippen LogP contribution in [0.4, 0.5) is 4.79 Å². The summed E-state index contributed by atoms with van der Waals surface area (Å²) in [7, 11) is 0. The first-order valence-corrected chi connectivity index (χ1v) is 17.4. The zero-order valence-electron chi connectivity index (χ0n) is 28.6. The van der Waals surface area contributed by atoms with Gasteiger partial charge in [-0.15, -0.1) is 0 Å². The number of aromatic nitrogens is 2. The van der Waals surface area contributed by atoms with Gasteiger partial charge in [-0.1, -0.05) is 20.3 Å². The molecule has 0 aliphatic carbocycles. The maximum Gasteiger partial charge on any atom is 0.415 e. The Morgan fingerprint density at radius 2 is 1.67 bits per heavy atom. The average molecular weight is 698 g/mol. The molecule has 0 saturated carbocycles. The number of benzene rings is 1. The molecule has 1 atom stereocenters. The van der Waals surface area contributed by atoms with Gasteiger partial charge in [-0.05, 0) is 55.5 Å². The van der Waals surface area contributed by atoms with E-state index in [-0.39, 0.29) is 54.0 Å². The molecule has 7 rings (SSSR count). The summed E-state index contributed by atoms with van der Waals surface area (Å²) >= 11 is 0. The predicted octanol–water partition coefficient (Wildman–Crippen LogP) is 2.77. The molecule has 0 spiro atoms. The molecule has 4 amide bonds. The van der Waals surface area contributed by atoms with Crippen LogP contribution in [0, 0.1) is 0 Å². The molecule has 1 fully saturated rings. The van der Waals surface area contributed by atoms with Gasteiger partial charge in [0.2, 0.25) is 5.91 Å². The van der Waals surface area contributed by atoms with Gasteiger partial charge in [-0.25, -0.2) is 14.6 Å². The van der Waals surface area contributed by atoms with Crippen LogP contribution >= 0.6 is 0 Å². The molecule has 3 aromatic rings. The van der Waals surface area contributed by atoms with Gasteiger partial charge in [0.1, 0.15) is 12.4 Å². The van der Waals surface area contributed by atoms with Crippen molar-refractivity contribution in [2.24, 2.45) is 0 Å². The maximum absolute atomic E-state index is 13.6. The van der Waals surface area contributed by atoms with Crippen LogP contribution in [0.3, 0.4) is 0 Å². The minimum atomic E-state index is -1.91. The van der Waals surface area contributed by atoms with Gasteiger partial charge in [-0.2, -0.15) is 0 Å². The molecular weight excluding hydrogens is 658 g/mol. The quantitative estimate of drug-likeness (QED) is 0.156. The number of fused-ring (bicyclic) bond motifs is 5. The third-order valence-corrected chi connectivity index (χ3v) is 10.4. The number of carbonyl (C=O) groups excluding carboxylic acids is 5. The summed E-state index contributed by atoms with van der Waals surface area (Å²) in [4.78, 5) is 84.8. The fraction of sp³-hybridized carbons (Fsp3) is 0.432. The van der Waals surface area contributed by atoms with Crippen molar-refractivity contribution < 1.29 is 38.6 Å². The Kier molecular flexibility index (Phi) is 8.96. The number of carbonyl (C=O) groups is 5. The number of amides is 4. The van der Waals surface area contributed by atoms with E-state index in [0.29, 0.717) is 87.5 Å². The van der Waals surface area contributed by atoms with E-state index >= 15 is 0 Å². The number of piperazine rings is 1. The number of cyclic esters (lactones) is 1. The van der Waals surface area contributed by atoms with E-state index in [1.54, 1.807) is 45.6 Å². The van der Waals surface area contributed by atoms with E-state index in [9.17, 15) is 33.9 Å². The second-order valence-electron chi connectivity index (χ2n) is 13.3. The predicted molar refractivity (Wildman–Crippen MR) is 182 cm³/mol. The van der Waals surface area contributed by atoms with Crippen LogP contribution < -0.4 is 10.3 Å². The molecule has 4 aliphatic heterocycles. The Balaban J connectivity index is 0.990. The number of ether oxygens (including phenoxy) is 2. The summed E-state index contributed by atoms with van der Waals surface area (Å²) < 4.78 is 12.6. The smallest absolute Gasteiger partial charge is 0.415 e. The number of pyridine rings is 2. The first kappa shape index (κ1) is 34.1. The molecule has 2 aromatic heterocycles. The number of aryl methyl sites for hydroxylation is 1. The van der Waals surface area contributed by atoms with E-state index in [4.69, 9.17) is 14.5 Å². The van der Waals surface area contributed by atoms with Crippen molar-refractivity contribution in [2.45, 2.75) is 71.1 Å². The number of imide groups is 1. The van der Waals surface area contributed by atoms with Crippen LogP contribution in [0.15, 0.2) is 41.2 Å². The fourth-order valence-corrected chi connectivity index (χ4v) is 7.44. The van der Waals surface area contributed by atoms with Crippen LogP contribution in [0.1, 0.15) is 68.2 Å². The third-order valence-electron chi connectivity index (χ3n) is 10.4. The van der Waals surface area contributed by atoms with Gasteiger partial charge in [-0.3, -0.25) is 24.1 Å². The highest BCUT2D eigenvalue weighted by Crippen LogP contribution is 2.40. The lowest BCUT2D eigenvalue weighted by Crippen LogP contribution is -2.51. The molecule has 14 heteroatoms. The lowest BCUT2D eigenvalue weighted by molar-refractivity contribution is -0.172. The van der Waals surface area contributed by atoms with Crippen molar-refractivity contribution in [1.82, 2.24) is 24.3 Å². The van der Waals surface area contributed by atoms with Crippen LogP contribution in [0.2, 0.25) is 0 Å². The third kappa shape index (κ3) is 5.96. The number of hydrogen-bond acceptors (Lipinski definition) is 10. The number of nitrogens with zero attached hydrogens (tertiary/aromatic N) is 5. The Hall–Kier alpha value is -5.37. The summed E-state index contributed by atoms with van der Waals surface area (Å²) in [5.41, 5.74) is 1.89. The Bertz CT molecular complexity index is 2060. The normalized spacial score (nSPS) is 19.4. The van der Waals surface area contributed by atoms with Crippen molar-refractivity contribution in [3.63, 3.8) is 0 Å². The number of hydrogen-bond donors (Lipinski definition) is 1. The average Bonchev–Trinajstić information content (AvgIpc) is 3.67. The molecule has 4 aliphatic rings. The number of esters is 1. The standard InChI is InChI=1S/C37H39N5O9/c1-3-23-24-18-22(51-36(48)40-16-14-39(15-17-40)30(43)8-6-5-7-13-41-31(44)11-12-32(41)45)9-10-28(24)38-33-25(23)20-42-29(33)19-27-26(34(42)46)21-50-35(47)37(27,49)4-2/h9-12,18-19,49H,3-8,13-17,20-21H2,1-2H3/t37-/m0/s1. The van der Waals surface area contributed by atoms with Gasteiger partial charge in [0, 0.05) is 67.8 Å². The van der Waals surface area contributed by atoms with Gasteiger partial charge >= 0.3 is 12.1 Å². The van der Waals surface area contributed by atoms with Crippen LogP contribution in [0.5, 0.6) is 5.75 Å². The monoisotopic (exact) mass is 697 g/mol. The molecule has 6 heterocycles. The zero-order chi connectivity index (χ0) is 36.0. The lowest BCUT2D eigenvalue weighted by Gasteiger charge is -2.34. The van der Waals surface area contributed by atoms with E-state index in [1.807, 2.05) is 6.92 Å². The fourth-order valence-electron chi connectivity index (χ4n) is 7.44. The molecule has 0 radical (unpaired) electrons. The summed E-state index contributed by atoms with van der Waals surface area (Å²) in [6.07, 6.45) is 5.05. The van der Waals surface area contributed by atoms with E-state index < -0.39 is 17.7 Å². The molecule has 1 saturated heterocycles. The Morgan fingerprint density at radius 1 is 0.941 bits per heavy atom. The highest BCUT2D eigenvalue weighted by atomic mass is 16.6. The van der Waals surface area contributed by atoms with Crippen LogP contribution in [-0.4, -0.2) is 91.9 Å². The number of unbranched alkanes of at least 4 members (excludes halogenated alkanes) is 2. The Morgan fingerprint density at radius 3 is 2.37 bits per heavy atom. The summed E-state index contributed by atoms with van der Waals surface area (Å²) in [6, 6.07) is 6.91. The SMILES string of the molecule is CCc1c2c(nc3ccc(OC(=O)N4CCN(C(=O)CCCCCN5C(=O)C=CC5=O)CC4)cc13)-c1cc3c(c(=O)n1C2)COC(=O)[C@]3(O)CC. The molecule has 1 N–H and O–H groups in total. The van der Waals surface area contributed by atoms with Crippen molar-refractivity contribution >= 4 is 40.7 Å². The van der Waals surface area contributed by atoms with Gasteiger partial charge < -0.3 is 28.9 Å². The number of rotatable bonds is 9. The van der Waals surface area contributed by atoms with Gasteiger partial charge in [0.15, 0.2) is 5.60 Å². The minimum absolute atomic E-state index is 0.00659. The summed E-state index contributed by atoms with van der Waals surface area (Å²) in [5.74, 6) is -1.01. The van der Waals surface area contributed by atoms with Crippen LogP contribution in [0.25, 0.3) is 22.3 Å². The highest BCUT2D eigenvalue weighted by Gasteiger charge is 2.45. The summed E-state index contributed by atoms with van der Waals surface area (Å²) in [5, 5.41) is 12.0. The van der Waals surface area contributed by atoms with Gasteiger partial charge in [0.25, 0.3) is 17.4 Å². The molecule has 1 aromatic carbocycles. The topological polar surface area (TPSA) is 169 Å². The second kappa shape index (κ2) is 13.4. The molecule has 14 nitrogen and oxygen atoms in total. The zero-order valence-corrected chi connectivity index (χ0v) is 28.6. The molecule has 0 bridgehead atoms. The molecular formula is C37H39N5O9. The van der Waals surface area contributed by atoms with Crippen LogP contribution in [-0.2, 0) is 49.1 Å². The van der Waals surface area contributed by atoms with Crippen molar-refractivity contribution in [3.05, 3.63) is 69.0 Å². The molecule has 266 valence electrons. The number of aliphatic hydroxyl groups is 1. The Labute approximate surface area is 293 Å². The van der Waals surface area contributed by atoms with E-state index in [2.05, 4.69) is 0 Å². The van der Waals surface area contributed by atoms with E-state index in [1.165, 1.54) is 17.1 Å². The first-order chi connectivity index (χ1) is 24.5. The molecule has 0 unspecified atom stereocenters. The van der Waals surface area contributed by atoms with Crippen molar-refractivity contribution in [1.29, 1.82) is 0 Å². The lowest BCUT2D eigenvalue weighted by atomic mass is 9.86. The van der Waals surface area contributed by atoms with Gasteiger partial charge in [0.05, 0.1) is 29.0 Å². The van der Waals surface area contributed by atoms with Crippen molar-refractivity contribution in [2.75, 3.05) is 32.7 Å². The largest absolute Gasteiger partial charge is 0.458 e. The first-order valence-electron chi connectivity index (χ1n) is 17.4.